The lowest BCUT2D eigenvalue weighted by Gasteiger charge is -1.94. The summed E-state index contributed by atoms with van der Waals surface area (Å²) in [6, 6.07) is 7.42. The predicted octanol–water partition coefficient (Wildman–Crippen LogP) is 1.78. The van der Waals surface area contributed by atoms with Gasteiger partial charge in [0, 0.05) is 10.0 Å². The van der Waals surface area contributed by atoms with Crippen LogP contribution >= 0.6 is 15.9 Å². The molecule has 15 heavy (non-hydrogen) atoms. The molecule has 0 amide bonds. The summed E-state index contributed by atoms with van der Waals surface area (Å²) < 4.78 is 26.6. The molecule has 0 N–H and O–H groups in total. The van der Waals surface area contributed by atoms with E-state index in [4.69, 9.17) is 0 Å². The average molecular weight is 289 g/mol. The molecule has 0 heterocycles. The molecular weight excluding hydrogens is 280 g/mol. The maximum absolute atomic E-state index is 10.6. The minimum Gasteiger partial charge on any atom is -0.257 e. The fourth-order valence-electron chi connectivity index (χ4n) is 0.830. The first-order chi connectivity index (χ1) is 6.99. The lowest BCUT2D eigenvalue weighted by Crippen LogP contribution is -2.02. The minimum absolute atomic E-state index is 0.125. The molecule has 1 aromatic rings. The van der Waals surface area contributed by atoms with Crippen molar-refractivity contribution >= 4 is 26.0 Å². The van der Waals surface area contributed by atoms with Gasteiger partial charge >= 0.3 is 0 Å². The van der Waals surface area contributed by atoms with E-state index in [1.165, 1.54) is 0 Å². The Hall–Kier alpha value is -0.830. The maximum atomic E-state index is 10.6. The summed E-state index contributed by atoms with van der Waals surface area (Å²) in [6.45, 7) is -0.125. The fourth-order valence-corrected chi connectivity index (χ4v) is 1.49. The van der Waals surface area contributed by atoms with Crippen molar-refractivity contribution in [2.24, 2.45) is 0 Å². The van der Waals surface area contributed by atoms with Crippen LogP contribution in [0, 0.1) is 11.8 Å². The monoisotopic (exact) mass is 288 g/mol. The van der Waals surface area contributed by atoms with Crippen LogP contribution in [-0.2, 0) is 14.3 Å². The zero-order valence-electron chi connectivity index (χ0n) is 8.03. The van der Waals surface area contributed by atoms with Crippen LogP contribution in [-0.4, -0.2) is 21.3 Å². The van der Waals surface area contributed by atoms with Gasteiger partial charge in [-0.15, -0.1) is 0 Å². The topological polar surface area (TPSA) is 43.4 Å². The molecule has 0 aliphatic carbocycles. The summed E-state index contributed by atoms with van der Waals surface area (Å²) in [7, 11) is -3.40. The summed E-state index contributed by atoms with van der Waals surface area (Å²) in [5.41, 5.74) is 0.801. The van der Waals surface area contributed by atoms with Crippen molar-refractivity contribution in [3.63, 3.8) is 0 Å². The van der Waals surface area contributed by atoms with Gasteiger partial charge in [0.2, 0.25) is 0 Å². The van der Waals surface area contributed by atoms with Crippen LogP contribution in [0.5, 0.6) is 0 Å². The Balaban J connectivity index is 2.64. The van der Waals surface area contributed by atoms with Crippen LogP contribution < -0.4 is 0 Å². The van der Waals surface area contributed by atoms with Gasteiger partial charge in [0.15, 0.2) is 0 Å². The van der Waals surface area contributed by atoms with E-state index >= 15 is 0 Å². The molecule has 1 rings (SSSR count). The Labute approximate surface area is 97.7 Å². The Morgan fingerprint density at radius 3 is 2.67 bits per heavy atom. The van der Waals surface area contributed by atoms with Gasteiger partial charge in [-0.3, -0.25) is 4.18 Å². The fraction of sp³-hybridized carbons (Fsp3) is 0.200. The molecular formula is C10H9BrO3S. The minimum atomic E-state index is -3.40. The quantitative estimate of drug-likeness (QED) is 0.615. The highest BCUT2D eigenvalue weighted by molar-refractivity contribution is 9.10. The number of rotatable bonds is 2. The van der Waals surface area contributed by atoms with Crippen LogP contribution in [0.15, 0.2) is 28.7 Å². The van der Waals surface area contributed by atoms with E-state index in [0.29, 0.717) is 0 Å². The van der Waals surface area contributed by atoms with Crippen molar-refractivity contribution in [3.8, 4) is 11.8 Å². The second-order valence-corrected chi connectivity index (χ2v) is 5.25. The molecule has 0 bridgehead atoms. The molecule has 0 aliphatic heterocycles. The van der Waals surface area contributed by atoms with Crippen LogP contribution in [0.3, 0.4) is 0 Å². The molecule has 0 radical (unpaired) electrons. The van der Waals surface area contributed by atoms with Gasteiger partial charge in [-0.05, 0) is 28.1 Å². The first-order valence-electron chi connectivity index (χ1n) is 4.07. The van der Waals surface area contributed by atoms with Gasteiger partial charge in [-0.25, -0.2) is 0 Å². The van der Waals surface area contributed by atoms with Crippen molar-refractivity contribution in [3.05, 3.63) is 34.3 Å². The van der Waals surface area contributed by atoms with Crippen LogP contribution in [0.25, 0.3) is 0 Å². The number of benzene rings is 1. The largest absolute Gasteiger partial charge is 0.265 e. The van der Waals surface area contributed by atoms with E-state index in [0.717, 1.165) is 16.3 Å². The highest BCUT2D eigenvalue weighted by Gasteiger charge is 1.97. The number of hydrogen-bond acceptors (Lipinski definition) is 3. The lowest BCUT2D eigenvalue weighted by atomic mass is 10.2. The summed E-state index contributed by atoms with van der Waals surface area (Å²) in [5.74, 6) is 5.42. The molecule has 0 aliphatic rings. The van der Waals surface area contributed by atoms with Crippen LogP contribution in [0.1, 0.15) is 5.56 Å². The third kappa shape index (κ3) is 4.98. The molecule has 0 saturated heterocycles. The van der Waals surface area contributed by atoms with E-state index in [1.54, 1.807) is 0 Å². The summed E-state index contributed by atoms with van der Waals surface area (Å²) in [4.78, 5) is 0. The van der Waals surface area contributed by atoms with E-state index in [-0.39, 0.29) is 6.61 Å². The standard InChI is InChI=1S/C10H9BrO3S/c1-15(12,13)14-8-4-6-9-5-2-3-7-10(9)11/h2-3,5,7H,8H2,1H3. The summed E-state index contributed by atoms with van der Waals surface area (Å²) >= 11 is 3.33. The molecule has 0 atom stereocenters. The van der Waals surface area contributed by atoms with Gasteiger partial charge in [-0.1, -0.05) is 24.0 Å². The van der Waals surface area contributed by atoms with Crippen molar-refractivity contribution in [2.45, 2.75) is 0 Å². The molecule has 0 saturated carbocycles. The van der Waals surface area contributed by atoms with E-state index in [1.807, 2.05) is 24.3 Å². The average Bonchev–Trinajstić information content (AvgIpc) is 2.13. The van der Waals surface area contributed by atoms with Gasteiger partial charge in [0.25, 0.3) is 10.1 Å². The molecule has 0 spiro atoms. The van der Waals surface area contributed by atoms with E-state index in [2.05, 4.69) is 32.0 Å². The van der Waals surface area contributed by atoms with Gasteiger partial charge in [0.05, 0.1) is 6.26 Å². The smallest absolute Gasteiger partial charge is 0.257 e. The Morgan fingerprint density at radius 1 is 1.40 bits per heavy atom. The van der Waals surface area contributed by atoms with Crippen molar-refractivity contribution in [1.29, 1.82) is 0 Å². The van der Waals surface area contributed by atoms with Gasteiger partial charge < -0.3 is 0 Å². The van der Waals surface area contributed by atoms with Crippen LogP contribution in [0.2, 0.25) is 0 Å². The second kappa shape index (κ2) is 5.31. The Kier molecular flexibility index (Phi) is 4.33. The highest BCUT2D eigenvalue weighted by atomic mass is 79.9. The van der Waals surface area contributed by atoms with Gasteiger partial charge in [0.1, 0.15) is 6.61 Å². The van der Waals surface area contributed by atoms with Crippen LogP contribution in [0.4, 0.5) is 0 Å². The highest BCUT2D eigenvalue weighted by Crippen LogP contribution is 2.13. The Bertz CT molecular complexity index is 497. The summed E-state index contributed by atoms with van der Waals surface area (Å²) in [6.07, 6.45) is 0.993. The van der Waals surface area contributed by atoms with E-state index < -0.39 is 10.1 Å². The van der Waals surface area contributed by atoms with Gasteiger partial charge in [-0.2, -0.15) is 8.42 Å². The summed E-state index contributed by atoms with van der Waals surface area (Å²) in [5, 5.41) is 0. The zero-order valence-corrected chi connectivity index (χ0v) is 10.4. The number of halogens is 1. The molecule has 0 unspecified atom stereocenters. The van der Waals surface area contributed by atoms with Crippen molar-refractivity contribution < 1.29 is 12.6 Å². The van der Waals surface area contributed by atoms with E-state index in [9.17, 15) is 8.42 Å². The zero-order chi connectivity index (χ0) is 11.3. The molecule has 3 nitrogen and oxygen atoms in total. The predicted molar refractivity (Wildman–Crippen MR) is 61.8 cm³/mol. The third-order valence-corrected chi connectivity index (χ3v) is 2.68. The molecule has 0 aromatic heterocycles. The third-order valence-electron chi connectivity index (χ3n) is 1.44. The SMILES string of the molecule is CS(=O)(=O)OCC#Cc1ccccc1Br. The lowest BCUT2D eigenvalue weighted by molar-refractivity contribution is 0.368. The molecule has 80 valence electrons. The molecule has 0 fully saturated rings. The molecule has 5 heteroatoms. The molecule has 1 aromatic carbocycles. The normalized spacial score (nSPS) is 10.5. The second-order valence-electron chi connectivity index (χ2n) is 2.75. The van der Waals surface area contributed by atoms with Crippen molar-refractivity contribution in [1.82, 2.24) is 0 Å². The Morgan fingerprint density at radius 2 is 2.07 bits per heavy atom. The number of hydrogen-bond donors (Lipinski definition) is 0. The first kappa shape index (κ1) is 12.2. The first-order valence-corrected chi connectivity index (χ1v) is 6.68. The van der Waals surface area contributed by atoms with Crippen molar-refractivity contribution in [2.75, 3.05) is 12.9 Å². The maximum Gasteiger partial charge on any atom is 0.265 e.